The summed E-state index contributed by atoms with van der Waals surface area (Å²) in [5.74, 6) is -0.382. The van der Waals surface area contributed by atoms with Gasteiger partial charge in [0.2, 0.25) is 5.91 Å². The number of carbonyl (C=O) groups excluding carboxylic acids is 1. The van der Waals surface area contributed by atoms with Gasteiger partial charge >= 0.3 is 6.18 Å². The fourth-order valence-electron chi connectivity index (χ4n) is 2.62. The third-order valence-corrected chi connectivity index (χ3v) is 5.10. The molecule has 0 aliphatic carbocycles. The second-order valence-electron chi connectivity index (χ2n) is 6.47. The maximum Gasteiger partial charge on any atom is 0.416 e. The second kappa shape index (κ2) is 8.64. The van der Waals surface area contributed by atoms with Gasteiger partial charge < -0.3 is 5.32 Å². The molecule has 0 saturated carbocycles. The Bertz CT molecular complexity index is 898. The van der Waals surface area contributed by atoms with Crippen molar-refractivity contribution in [2.75, 3.05) is 11.1 Å². The maximum atomic E-state index is 12.8. The first kappa shape index (κ1) is 21.7. The van der Waals surface area contributed by atoms with E-state index in [-0.39, 0.29) is 16.6 Å². The zero-order valence-electron chi connectivity index (χ0n) is 15.5. The molecule has 0 aromatic heterocycles. The number of nitro groups is 1. The largest absolute Gasteiger partial charge is 0.416 e. The average molecular weight is 412 g/mol. The molecule has 9 heteroatoms. The summed E-state index contributed by atoms with van der Waals surface area (Å²) >= 11 is 0.821. The number of thioether (sulfide) groups is 1. The lowest BCUT2D eigenvalue weighted by atomic mass is 9.98. The van der Waals surface area contributed by atoms with Crippen molar-refractivity contribution in [3.8, 4) is 0 Å². The molecule has 5 nitrogen and oxygen atoms in total. The number of nitro benzene ring substituents is 1. The van der Waals surface area contributed by atoms with Gasteiger partial charge in [0, 0.05) is 11.8 Å². The minimum atomic E-state index is -4.68. The highest BCUT2D eigenvalue weighted by Crippen LogP contribution is 2.36. The quantitative estimate of drug-likeness (QED) is 0.371. The first-order chi connectivity index (χ1) is 13.0. The van der Waals surface area contributed by atoms with Crippen LogP contribution in [0.4, 0.5) is 24.5 Å². The molecule has 0 aliphatic rings. The second-order valence-corrected chi connectivity index (χ2v) is 7.49. The van der Waals surface area contributed by atoms with Crippen LogP contribution in [-0.4, -0.2) is 16.6 Å². The Morgan fingerprint density at radius 3 is 2.50 bits per heavy atom. The highest BCUT2D eigenvalue weighted by molar-refractivity contribution is 8.00. The SMILES string of the molecule is Cc1cccc(C(C)C)c1NC(=O)CSc1ccc(C(F)(F)F)cc1[N+](=O)[O-]. The number of nitrogens with one attached hydrogen (secondary N) is 1. The maximum absolute atomic E-state index is 12.8. The van der Waals surface area contributed by atoms with Gasteiger partial charge in [0.25, 0.3) is 5.69 Å². The van der Waals surface area contributed by atoms with Crippen molar-refractivity contribution in [3.63, 3.8) is 0 Å². The number of aryl methyl sites for hydroxylation is 1. The van der Waals surface area contributed by atoms with E-state index in [1.54, 1.807) is 0 Å². The Morgan fingerprint density at radius 1 is 1.25 bits per heavy atom. The van der Waals surface area contributed by atoms with Crippen molar-refractivity contribution in [1.29, 1.82) is 0 Å². The number of para-hydroxylation sites is 1. The van der Waals surface area contributed by atoms with E-state index >= 15 is 0 Å². The molecule has 2 aromatic carbocycles. The fourth-order valence-corrected chi connectivity index (χ4v) is 3.42. The van der Waals surface area contributed by atoms with Crippen molar-refractivity contribution >= 4 is 29.0 Å². The standard InChI is InChI=1S/C19H19F3N2O3S/c1-11(2)14-6-4-5-12(3)18(14)23-17(25)10-28-16-8-7-13(19(20,21)22)9-15(16)24(26)27/h4-9,11H,10H2,1-3H3,(H,23,25). The molecule has 0 bridgehead atoms. The third-order valence-electron chi connectivity index (χ3n) is 4.03. The zero-order chi connectivity index (χ0) is 21.1. The van der Waals surface area contributed by atoms with Crippen LogP contribution in [0, 0.1) is 17.0 Å². The van der Waals surface area contributed by atoms with Gasteiger partial charge in [0.15, 0.2) is 0 Å². The van der Waals surface area contributed by atoms with Crippen molar-refractivity contribution in [1.82, 2.24) is 0 Å². The number of benzene rings is 2. The van der Waals surface area contributed by atoms with Crippen LogP contribution in [0.25, 0.3) is 0 Å². The molecule has 0 fully saturated rings. The number of hydrogen-bond acceptors (Lipinski definition) is 4. The molecule has 2 aromatic rings. The summed E-state index contributed by atoms with van der Waals surface area (Å²) in [7, 11) is 0. The van der Waals surface area contributed by atoms with Gasteiger partial charge in [-0.1, -0.05) is 32.0 Å². The molecule has 150 valence electrons. The number of rotatable bonds is 6. The van der Waals surface area contributed by atoms with Crippen LogP contribution in [0.15, 0.2) is 41.3 Å². The predicted molar refractivity (Wildman–Crippen MR) is 103 cm³/mol. The van der Waals surface area contributed by atoms with Crippen molar-refractivity contribution < 1.29 is 22.9 Å². The van der Waals surface area contributed by atoms with E-state index < -0.39 is 28.3 Å². The number of hydrogen-bond donors (Lipinski definition) is 1. The van der Waals surface area contributed by atoms with Gasteiger partial charge in [0.05, 0.1) is 21.1 Å². The zero-order valence-corrected chi connectivity index (χ0v) is 16.3. The summed E-state index contributed by atoms with van der Waals surface area (Å²) in [5, 5.41) is 13.9. The van der Waals surface area contributed by atoms with Crippen LogP contribution in [0.3, 0.4) is 0 Å². The van der Waals surface area contributed by atoms with E-state index in [9.17, 15) is 28.1 Å². The summed E-state index contributed by atoms with van der Waals surface area (Å²) in [6.45, 7) is 5.84. The van der Waals surface area contributed by atoms with Crippen molar-refractivity contribution in [2.45, 2.75) is 37.8 Å². The molecule has 0 unspecified atom stereocenters. The molecule has 0 radical (unpaired) electrons. The molecule has 1 amide bonds. The van der Waals surface area contributed by atoms with Gasteiger partial charge in [0.1, 0.15) is 0 Å². The Labute approximate surface area is 164 Å². The van der Waals surface area contributed by atoms with E-state index in [0.717, 1.165) is 35.0 Å². The number of halogens is 3. The molecule has 1 N–H and O–H groups in total. The molecule has 0 heterocycles. The van der Waals surface area contributed by atoms with Crippen LogP contribution in [0.1, 0.15) is 36.5 Å². The first-order valence-corrected chi connectivity index (χ1v) is 9.37. The van der Waals surface area contributed by atoms with Crippen LogP contribution in [0.5, 0.6) is 0 Å². The van der Waals surface area contributed by atoms with Gasteiger partial charge in [-0.05, 0) is 36.1 Å². The number of nitrogens with zero attached hydrogens (tertiary/aromatic N) is 1. The molecule has 28 heavy (non-hydrogen) atoms. The summed E-state index contributed by atoms with van der Waals surface area (Å²) in [4.78, 5) is 22.6. The van der Waals surface area contributed by atoms with E-state index in [4.69, 9.17) is 0 Å². The summed E-state index contributed by atoms with van der Waals surface area (Å²) in [6.07, 6.45) is -4.68. The number of anilines is 1. The van der Waals surface area contributed by atoms with Crippen LogP contribution < -0.4 is 5.32 Å². The summed E-state index contributed by atoms with van der Waals surface area (Å²) in [6, 6.07) is 7.92. The normalized spacial score (nSPS) is 11.5. The third kappa shape index (κ3) is 5.25. The smallest absolute Gasteiger partial charge is 0.325 e. The van der Waals surface area contributed by atoms with E-state index in [1.807, 2.05) is 39.0 Å². The molecule has 0 aliphatic heterocycles. The minimum Gasteiger partial charge on any atom is -0.325 e. The topological polar surface area (TPSA) is 72.2 Å². The van der Waals surface area contributed by atoms with Crippen LogP contribution in [-0.2, 0) is 11.0 Å². The molecule has 0 spiro atoms. The van der Waals surface area contributed by atoms with E-state index in [2.05, 4.69) is 5.32 Å². The molecular weight excluding hydrogens is 393 g/mol. The Morgan fingerprint density at radius 2 is 1.93 bits per heavy atom. The minimum absolute atomic E-state index is 0.00187. The van der Waals surface area contributed by atoms with Crippen LogP contribution in [0.2, 0.25) is 0 Å². The van der Waals surface area contributed by atoms with Gasteiger partial charge in [-0.25, -0.2) is 0 Å². The van der Waals surface area contributed by atoms with E-state index in [0.29, 0.717) is 11.8 Å². The highest BCUT2D eigenvalue weighted by Gasteiger charge is 2.33. The Balaban J connectivity index is 2.17. The fraction of sp³-hybridized carbons (Fsp3) is 0.316. The molecule has 0 atom stereocenters. The highest BCUT2D eigenvalue weighted by atomic mass is 32.2. The van der Waals surface area contributed by atoms with Crippen LogP contribution >= 0.6 is 11.8 Å². The number of amides is 1. The predicted octanol–water partition coefficient (Wildman–Crippen LogP) is 5.78. The first-order valence-electron chi connectivity index (χ1n) is 8.38. The molecule has 0 saturated heterocycles. The number of carbonyl (C=O) groups is 1. The van der Waals surface area contributed by atoms with E-state index in [1.165, 1.54) is 0 Å². The van der Waals surface area contributed by atoms with Crippen molar-refractivity contribution in [3.05, 3.63) is 63.2 Å². The average Bonchev–Trinajstić information content (AvgIpc) is 2.60. The lowest BCUT2D eigenvalue weighted by Gasteiger charge is -2.16. The lowest BCUT2D eigenvalue weighted by Crippen LogP contribution is -2.16. The Hall–Kier alpha value is -2.55. The summed E-state index contributed by atoms with van der Waals surface area (Å²) < 4.78 is 38.3. The molecular formula is C19H19F3N2O3S. The Kier molecular flexibility index (Phi) is 6.71. The van der Waals surface area contributed by atoms with Crippen molar-refractivity contribution in [2.24, 2.45) is 0 Å². The molecule has 2 rings (SSSR count). The van der Waals surface area contributed by atoms with Gasteiger partial charge in [-0.15, -0.1) is 11.8 Å². The van der Waals surface area contributed by atoms with Gasteiger partial charge in [-0.3, -0.25) is 14.9 Å². The monoisotopic (exact) mass is 412 g/mol. The lowest BCUT2D eigenvalue weighted by molar-refractivity contribution is -0.388. The number of alkyl halides is 3. The summed E-state index contributed by atoms with van der Waals surface area (Å²) in [5.41, 5.74) is 0.745. The van der Waals surface area contributed by atoms with Gasteiger partial charge in [-0.2, -0.15) is 13.2 Å².